The summed E-state index contributed by atoms with van der Waals surface area (Å²) in [4.78, 5) is 2.30. The molecule has 0 spiro atoms. The maximum atomic E-state index is 12.8. The maximum Gasteiger partial charge on any atom is 0.114 e. The van der Waals surface area contributed by atoms with Gasteiger partial charge >= 0.3 is 0 Å². The van der Waals surface area contributed by atoms with Crippen molar-refractivity contribution in [3.8, 4) is 0 Å². The van der Waals surface area contributed by atoms with E-state index in [1.54, 1.807) is 0 Å². The molecule has 1 aliphatic heterocycles. The van der Waals surface area contributed by atoms with Crippen LogP contribution in [0.1, 0.15) is 40.5 Å². The number of halogens is 1. The van der Waals surface area contributed by atoms with Gasteiger partial charge in [0.2, 0.25) is 0 Å². The lowest BCUT2D eigenvalue weighted by Gasteiger charge is -2.22. The van der Waals surface area contributed by atoms with Crippen molar-refractivity contribution in [2.24, 2.45) is 0 Å². The second-order valence-electron chi connectivity index (χ2n) is 4.30. The van der Waals surface area contributed by atoms with Crippen LogP contribution < -0.4 is 5.32 Å². The summed E-state index contributed by atoms with van der Waals surface area (Å²) in [6, 6.07) is 0.985. The van der Waals surface area contributed by atoms with E-state index in [2.05, 4.69) is 31.1 Å². The van der Waals surface area contributed by atoms with Gasteiger partial charge in [-0.05, 0) is 40.3 Å². The Morgan fingerprint density at radius 1 is 1.40 bits per heavy atom. The van der Waals surface area contributed by atoms with Crippen molar-refractivity contribution in [2.75, 3.05) is 20.1 Å². The minimum Gasteiger partial charge on any atom is -0.311 e. The highest BCUT2D eigenvalue weighted by atomic mass is 19.1. The van der Waals surface area contributed by atoms with Gasteiger partial charge < -0.3 is 10.2 Å². The Kier molecular flexibility index (Phi) is 7.97. The SMILES string of the molecule is CC.CC(C)N(C)CCC1CC(F)CN1. The molecule has 0 aromatic rings. The molecule has 0 amide bonds. The Balaban J connectivity index is 0.000000921. The van der Waals surface area contributed by atoms with Gasteiger partial charge in [-0.1, -0.05) is 13.8 Å². The molecular formula is C12H27FN2. The molecule has 0 saturated carbocycles. The molecule has 0 bridgehead atoms. The highest BCUT2D eigenvalue weighted by molar-refractivity contribution is 4.81. The van der Waals surface area contributed by atoms with E-state index in [1.807, 2.05) is 13.8 Å². The molecule has 3 heteroatoms. The Bertz CT molecular complexity index is 151. The van der Waals surface area contributed by atoms with Gasteiger partial charge in [0.1, 0.15) is 6.17 Å². The molecule has 15 heavy (non-hydrogen) atoms. The lowest BCUT2D eigenvalue weighted by atomic mass is 10.1. The van der Waals surface area contributed by atoms with E-state index in [0.29, 0.717) is 25.0 Å². The van der Waals surface area contributed by atoms with E-state index >= 15 is 0 Å². The van der Waals surface area contributed by atoms with Gasteiger partial charge in [0.25, 0.3) is 0 Å². The molecule has 0 aromatic heterocycles. The maximum absolute atomic E-state index is 12.8. The third-order valence-corrected chi connectivity index (χ3v) is 2.88. The van der Waals surface area contributed by atoms with Crippen molar-refractivity contribution in [3.63, 3.8) is 0 Å². The van der Waals surface area contributed by atoms with Gasteiger partial charge in [-0.15, -0.1) is 0 Å². The average molecular weight is 218 g/mol. The van der Waals surface area contributed by atoms with Crippen LogP contribution in [0, 0.1) is 0 Å². The minimum atomic E-state index is -0.616. The molecule has 0 aromatic carbocycles. The Labute approximate surface area is 94.2 Å². The highest BCUT2D eigenvalue weighted by Crippen LogP contribution is 2.13. The van der Waals surface area contributed by atoms with Gasteiger partial charge in [0.05, 0.1) is 0 Å². The lowest BCUT2D eigenvalue weighted by molar-refractivity contribution is 0.257. The van der Waals surface area contributed by atoms with Gasteiger partial charge in [-0.2, -0.15) is 0 Å². The van der Waals surface area contributed by atoms with Gasteiger partial charge in [0.15, 0.2) is 0 Å². The first kappa shape index (κ1) is 14.8. The predicted molar refractivity (Wildman–Crippen MR) is 65.0 cm³/mol. The number of nitrogens with one attached hydrogen (secondary N) is 1. The van der Waals surface area contributed by atoms with E-state index in [-0.39, 0.29) is 0 Å². The van der Waals surface area contributed by atoms with Crippen LogP contribution in [0.3, 0.4) is 0 Å². The van der Waals surface area contributed by atoms with Gasteiger partial charge in [0, 0.05) is 18.6 Å². The number of rotatable bonds is 4. The predicted octanol–water partition coefficient (Wildman–Crippen LogP) is 2.44. The second kappa shape index (κ2) is 8.05. The Morgan fingerprint density at radius 2 is 2.00 bits per heavy atom. The highest BCUT2D eigenvalue weighted by Gasteiger charge is 2.23. The zero-order valence-corrected chi connectivity index (χ0v) is 10.9. The first-order chi connectivity index (χ1) is 7.09. The second-order valence-corrected chi connectivity index (χ2v) is 4.30. The Morgan fingerprint density at radius 3 is 2.40 bits per heavy atom. The quantitative estimate of drug-likeness (QED) is 0.779. The van der Waals surface area contributed by atoms with Crippen molar-refractivity contribution in [1.82, 2.24) is 10.2 Å². The van der Waals surface area contributed by atoms with Crippen LogP contribution in [0.4, 0.5) is 4.39 Å². The van der Waals surface area contributed by atoms with Crippen LogP contribution >= 0.6 is 0 Å². The summed E-state index contributed by atoms with van der Waals surface area (Å²) in [5.41, 5.74) is 0. The van der Waals surface area contributed by atoms with Gasteiger partial charge in [-0.25, -0.2) is 4.39 Å². The molecule has 1 aliphatic rings. The van der Waals surface area contributed by atoms with Crippen molar-refractivity contribution in [1.29, 1.82) is 0 Å². The van der Waals surface area contributed by atoms with Crippen LogP contribution in [-0.4, -0.2) is 43.3 Å². The van der Waals surface area contributed by atoms with E-state index in [0.717, 1.165) is 13.0 Å². The molecule has 1 saturated heterocycles. The molecule has 0 radical (unpaired) electrons. The minimum absolute atomic E-state index is 0.399. The fraction of sp³-hybridized carbons (Fsp3) is 1.00. The van der Waals surface area contributed by atoms with E-state index < -0.39 is 6.17 Å². The summed E-state index contributed by atoms with van der Waals surface area (Å²) in [5.74, 6) is 0. The van der Waals surface area contributed by atoms with Crippen LogP contribution in [0.25, 0.3) is 0 Å². The fourth-order valence-corrected chi connectivity index (χ4v) is 1.61. The summed E-state index contributed by atoms with van der Waals surface area (Å²) >= 11 is 0. The number of hydrogen-bond donors (Lipinski definition) is 1. The summed E-state index contributed by atoms with van der Waals surface area (Å²) < 4.78 is 12.8. The molecular weight excluding hydrogens is 191 g/mol. The van der Waals surface area contributed by atoms with Crippen LogP contribution in [0.2, 0.25) is 0 Å². The van der Waals surface area contributed by atoms with Crippen LogP contribution in [0.5, 0.6) is 0 Å². The standard InChI is InChI=1S/C10H21FN2.C2H6/c1-8(2)13(3)5-4-10-6-9(11)7-12-10;1-2/h8-10,12H,4-7H2,1-3H3;1-2H3. The van der Waals surface area contributed by atoms with E-state index in [4.69, 9.17) is 0 Å². The number of alkyl halides is 1. The van der Waals surface area contributed by atoms with Gasteiger partial charge in [-0.3, -0.25) is 0 Å². The van der Waals surface area contributed by atoms with Crippen molar-refractivity contribution in [2.45, 2.75) is 58.8 Å². The molecule has 0 aliphatic carbocycles. The Hall–Kier alpha value is -0.150. The first-order valence-corrected chi connectivity index (χ1v) is 6.17. The third-order valence-electron chi connectivity index (χ3n) is 2.88. The molecule has 1 N–H and O–H groups in total. The van der Waals surface area contributed by atoms with Crippen molar-refractivity contribution in [3.05, 3.63) is 0 Å². The third kappa shape index (κ3) is 6.10. The van der Waals surface area contributed by atoms with Crippen molar-refractivity contribution >= 4 is 0 Å². The zero-order valence-electron chi connectivity index (χ0n) is 10.9. The summed E-state index contributed by atoms with van der Waals surface area (Å²) in [5, 5.41) is 3.20. The van der Waals surface area contributed by atoms with Crippen LogP contribution in [0.15, 0.2) is 0 Å². The smallest absolute Gasteiger partial charge is 0.114 e. The molecule has 2 atom stereocenters. The summed E-state index contributed by atoms with van der Waals surface area (Å²) in [6.45, 7) is 9.97. The monoisotopic (exact) mass is 218 g/mol. The lowest BCUT2D eigenvalue weighted by Crippen LogP contribution is -2.32. The molecule has 1 fully saturated rings. The van der Waals surface area contributed by atoms with Crippen LogP contribution in [-0.2, 0) is 0 Å². The first-order valence-electron chi connectivity index (χ1n) is 6.17. The average Bonchev–Trinajstić information content (AvgIpc) is 2.63. The fourth-order valence-electron chi connectivity index (χ4n) is 1.61. The molecule has 2 nitrogen and oxygen atoms in total. The number of hydrogen-bond acceptors (Lipinski definition) is 2. The largest absolute Gasteiger partial charge is 0.311 e. The summed E-state index contributed by atoms with van der Waals surface area (Å²) in [6.07, 6.45) is 1.15. The van der Waals surface area contributed by atoms with E-state index in [9.17, 15) is 4.39 Å². The van der Waals surface area contributed by atoms with E-state index in [1.165, 1.54) is 0 Å². The molecule has 1 heterocycles. The topological polar surface area (TPSA) is 15.3 Å². The molecule has 92 valence electrons. The van der Waals surface area contributed by atoms with Crippen molar-refractivity contribution < 1.29 is 4.39 Å². The zero-order chi connectivity index (χ0) is 11.8. The number of nitrogens with zero attached hydrogens (tertiary/aromatic N) is 1. The molecule has 2 unspecified atom stereocenters. The molecule has 1 rings (SSSR count). The normalized spacial score (nSPS) is 25.6. The summed E-state index contributed by atoms with van der Waals surface area (Å²) in [7, 11) is 2.12.